The van der Waals surface area contributed by atoms with Gasteiger partial charge in [-0.05, 0) is 51.8 Å². The molecule has 1 aromatic rings. The lowest BCUT2D eigenvalue weighted by atomic mass is 10.1. The van der Waals surface area contributed by atoms with Crippen molar-refractivity contribution in [1.29, 1.82) is 0 Å². The van der Waals surface area contributed by atoms with E-state index in [-0.39, 0.29) is 0 Å². The third kappa shape index (κ3) is 2.84. The van der Waals surface area contributed by atoms with Crippen LogP contribution in [0.4, 0.5) is 0 Å². The van der Waals surface area contributed by atoms with Gasteiger partial charge in [0.05, 0.1) is 6.10 Å². The van der Waals surface area contributed by atoms with Crippen molar-refractivity contribution in [3.63, 3.8) is 0 Å². The van der Waals surface area contributed by atoms with Crippen LogP contribution in [0.3, 0.4) is 0 Å². The molecule has 3 heteroatoms. The number of rotatable bonds is 4. The minimum absolute atomic E-state index is 0.380. The molecule has 2 heterocycles. The molecule has 0 radical (unpaired) electrons. The zero-order chi connectivity index (χ0) is 11.5. The minimum atomic E-state index is 0.380. The Bertz CT molecular complexity index is 348. The molecule has 1 N–H and O–H groups in total. The number of thiophene rings is 1. The fraction of sp³-hybridized carbons (Fsp3) is 0.692. The van der Waals surface area contributed by atoms with Crippen LogP contribution in [-0.2, 0) is 11.2 Å². The molecule has 0 bridgehead atoms. The van der Waals surface area contributed by atoms with Crippen LogP contribution in [0.1, 0.15) is 28.7 Å². The van der Waals surface area contributed by atoms with Crippen LogP contribution in [0.2, 0.25) is 0 Å². The zero-order valence-electron chi connectivity index (χ0n) is 10.4. The fourth-order valence-electron chi connectivity index (χ4n) is 2.32. The van der Waals surface area contributed by atoms with Crippen molar-refractivity contribution in [2.75, 3.05) is 13.2 Å². The number of hydrogen-bond donors (Lipinski definition) is 1. The van der Waals surface area contributed by atoms with E-state index in [9.17, 15) is 0 Å². The molecule has 1 aliphatic rings. The summed E-state index contributed by atoms with van der Waals surface area (Å²) < 4.78 is 5.54. The number of aryl methyl sites for hydroxylation is 2. The summed E-state index contributed by atoms with van der Waals surface area (Å²) >= 11 is 1.90. The Balaban J connectivity index is 1.77. The van der Waals surface area contributed by atoms with Gasteiger partial charge in [-0.3, -0.25) is 0 Å². The number of ether oxygens (including phenoxy) is 1. The number of nitrogens with one attached hydrogen (secondary N) is 1. The van der Waals surface area contributed by atoms with Gasteiger partial charge in [0, 0.05) is 22.4 Å². The van der Waals surface area contributed by atoms with E-state index in [1.807, 2.05) is 11.3 Å². The van der Waals surface area contributed by atoms with Crippen LogP contribution < -0.4 is 5.32 Å². The average Bonchev–Trinajstić information content (AvgIpc) is 2.75. The predicted octanol–water partition coefficient (Wildman–Crippen LogP) is 2.67. The molecule has 0 aliphatic carbocycles. The molecule has 90 valence electrons. The molecule has 2 atom stereocenters. The molecule has 0 amide bonds. The normalized spacial score (nSPS) is 25.2. The molecule has 1 aliphatic heterocycles. The first kappa shape index (κ1) is 12.1. The highest BCUT2D eigenvalue weighted by molar-refractivity contribution is 7.12. The van der Waals surface area contributed by atoms with E-state index in [1.165, 1.54) is 15.3 Å². The third-order valence-corrected chi connectivity index (χ3v) is 4.33. The molecule has 1 saturated heterocycles. The first-order chi connectivity index (χ1) is 7.66. The van der Waals surface area contributed by atoms with Gasteiger partial charge in [-0.15, -0.1) is 11.3 Å². The van der Waals surface area contributed by atoms with Crippen molar-refractivity contribution < 1.29 is 4.74 Å². The lowest BCUT2D eigenvalue weighted by molar-refractivity contribution is 0.113. The largest absolute Gasteiger partial charge is 0.377 e. The zero-order valence-corrected chi connectivity index (χ0v) is 11.2. The van der Waals surface area contributed by atoms with Gasteiger partial charge in [-0.2, -0.15) is 0 Å². The van der Waals surface area contributed by atoms with Crippen molar-refractivity contribution in [2.24, 2.45) is 0 Å². The van der Waals surface area contributed by atoms with Gasteiger partial charge in [-0.1, -0.05) is 0 Å². The van der Waals surface area contributed by atoms with Crippen LogP contribution >= 0.6 is 11.3 Å². The van der Waals surface area contributed by atoms with Crippen molar-refractivity contribution in [1.82, 2.24) is 5.32 Å². The first-order valence-electron chi connectivity index (χ1n) is 6.07. The Labute approximate surface area is 102 Å². The maximum atomic E-state index is 5.54. The molecular formula is C13H21NOS. The van der Waals surface area contributed by atoms with Gasteiger partial charge >= 0.3 is 0 Å². The van der Waals surface area contributed by atoms with Gasteiger partial charge in [0.15, 0.2) is 0 Å². The molecule has 0 spiro atoms. The monoisotopic (exact) mass is 239 g/mol. The summed E-state index contributed by atoms with van der Waals surface area (Å²) in [5.41, 5.74) is 1.50. The topological polar surface area (TPSA) is 21.3 Å². The average molecular weight is 239 g/mol. The summed E-state index contributed by atoms with van der Waals surface area (Å²) in [6, 6.07) is 2.87. The van der Waals surface area contributed by atoms with E-state index < -0.39 is 0 Å². The van der Waals surface area contributed by atoms with Crippen molar-refractivity contribution in [3.05, 3.63) is 21.4 Å². The Morgan fingerprint density at radius 3 is 2.88 bits per heavy atom. The first-order valence-corrected chi connectivity index (χ1v) is 6.89. The van der Waals surface area contributed by atoms with Gasteiger partial charge in [0.25, 0.3) is 0 Å². The second-order valence-corrected chi connectivity index (χ2v) is 6.07. The lowest BCUT2D eigenvalue weighted by Gasteiger charge is -2.15. The van der Waals surface area contributed by atoms with Gasteiger partial charge < -0.3 is 10.1 Å². The molecule has 0 aromatic carbocycles. The molecule has 1 aromatic heterocycles. The summed E-state index contributed by atoms with van der Waals surface area (Å²) in [5, 5.41) is 3.60. The minimum Gasteiger partial charge on any atom is -0.377 e. The summed E-state index contributed by atoms with van der Waals surface area (Å²) in [7, 11) is 0. The molecule has 1 fully saturated rings. The summed E-state index contributed by atoms with van der Waals surface area (Å²) in [4.78, 5) is 2.89. The van der Waals surface area contributed by atoms with Crippen molar-refractivity contribution >= 4 is 11.3 Å². The maximum absolute atomic E-state index is 5.54. The molecule has 2 rings (SSSR count). The van der Waals surface area contributed by atoms with Crippen molar-refractivity contribution in [2.45, 2.75) is 45.8 Å². The van der Waals surface area contributed by atoms with E-state index in [0.29, 0.717) is 12.1 Å². The van der Waals surface area contributed by atoms with Crippen LogP contribution in [0.5, 0.6) is 0 Å². The summed E-state index contributed by atoms with van der Waals surface area (Å²) in [5.74, 6) is 0. The van der Waals surface area contributed by atoms with E-state index >= 15 is 0 Å². The fourth-order valence-corrected chi connectivity index (χ4v) is 3.30. The van der Waals surface area contributed by atoms with Gasteiger partial charge in [-0.25, -0.2) is 0 Å². The quantitative estimate of drug-likeness (QED) is 0.872. The summed E-state index contributed by atoms with van der Waals surface area (Å²) in [6.45, 7) is 8.53. The Hall–Kier alpha value is -0.380. The summed E-state index contributed by atoms with van der Waals surface area (Å²) in [6.07, 6.45) is 2.67. The van der Waals surface area contributed by atoms with E-state index in [2.05, 4.69) is 32.2 Å². The Morgan fingerprint density at radius 2 is 2.31 bits per heavy atom. The molecule has 0 saturated carbocycles. The molecule has 2 unspecified atom stereocenters. The van der Waals surface area contributed by atoms with E-state index in [0.717, 1.165) is 26.0 Å². The SMILES string of the molecule is Cc1cc(CCNC2CCOC2C)c(C)s1. The smallest absolute Gasteiger partial charge is 0.0700 e. The lowest BCUT2D eigenvalue weighted by Crippen LogP contribution is -2.35. The van der Waals surface area contributed by atoms with Crippen LogP contribution in [0, 0.1) is 13.8 Å². The second kappa shape index (κ2) is 5.30. The molecular weight excluding hydrogens is 218 g/mol. The molecule has 2 nitrogen and oxygen atoms in total. The predicted molar refractivity (Wildman–Crippen MR) is 69.3 cm³/mol. The van der Waals surface area contributed by atoms with Crippen LogP contribution in [-0.4, -0.2) is 25.3 Å². The Morgan fingerprint density at radius 1 is 1.50 bits per heavy atom. The van der Waals surface area contributed by atoms with E-state index in [1.54, 1.807) is 0 Å². The van der Waals surface area contributed by atoms with Gasteiger partial charge in [0.1, 0.15) is 0 Å². The van der Waals surface area contributed by atoms with Crippen molar-refractivity contribution in [3.8, 4) is 0 Å². The number of hydrogen-bond acceptors (Lipinski definition) is 3. The highest BCUT2D eigenvalue weighted by Gasteiger charge is 2.23. The standard InChI is InChI=1S/C13H21NOS/c1-9-8-12(11(3)16-9)4-6-14-13-5-7-15-10(13)2/h8,10,13-14H,4-7H2,1-3H3. The van der Waals surface area contributed by atoms with Gasteiger partial charge in [0.2, 0.25) is 0 Å². The molecule has 16 heavy (non-hydrogen) atoms. The third-order valence-electron chi connectivity index (χ3n) is 3.32. The highest BCUT2D eigenvalue weighted by atomic mass is 32.1. The highest BCUT2D eigenvalue weighted by Crippen LogP contribution is 2.21. The maximum Gasteiger partial charge on any atom is 0.0700 e. The van der Waals surface area contributed by atoms with Crippen LogP contribution in [0.25, 0.3) is 0 Å². The van der Waals surface area contributed by atoms with E-state index in [4.69, 9.17) is 4.74 Å². The van der Waals surface area contributed by atoms with Crippen LogP contribution in [0.15, 0.2) is 6.07 Å². The Kier molecular flexibility index (Phi) is 4.00. The second-order valence-electron chi connectivity index (χ2n) is 4.61.